The molecule has 0 saturated heterocycles. The Hall–Kier alpha value is -3.49. The molecule has 9 nitrogen and oxygen atoms in total. The predicted octanol–water partition coefficient (Wildman–Crippen LogP) is 1.47. The van der Waals surface area contributed by atoms with Gasteiger partial charge < -0.3 is 9.84 Å². The van der Waals surface area contributed by atoms with Crippen LogP contribution in [0.25, 0.3) is 0 Å². The maximum absolute atomic E-state index is 11.8. The van der Waals surface area contributed by atoms with Gasteiger partial charge in [-0.25, -0.2) is 5.43 Å². The number of carbonyl (C=O) groups excluding carboxylic acids is 1. The second-order valence-electron chi connectivity index (χ2n) is 4.27. The molecule has 23 heavy (non-hydrogen) atoms. The minimum absolute atomic E-state index is 0.0170. The fourth-order valence-corrected chi connectivity index (χ4v) is 1.73. The van der Waals surface area contributed by atoms with E-state index in [9.17, 15) is 20.0 Å². The molecule has 2 rings (SSSR count). The van der Waals surface area contributed by atoms with Gasteiger partial charge in [0, 0.05) is 18.0 Å². The van der Waals surface area contributed by atoms with Crippen molar-refractivity contribution in [3.05, 3.63) is 57.9 Å². The van der Waals surface area contributed by atoms with Gasteiger partial charge in [0.2, 0.25) is 0 Å². The standard InChI is InChI=1S/C14H12N4O5/c1-23-13-7-11(18(21)22)10(6-12(13)19)8-16-17-14(20)9-2-4-15-5-3-9/h2-8,19H,1H3,(H,17,20)/b16-8-. The molecule has 0 bridgehead atoms. The van der Waals surface area contributed by atoms with E-state index in [1.165, 1.54) is 31.6 Å². The topological polar surface area (TPSA) is 127 Å². The fourth-order valence-electron chi connectivity index (χ4n) is 1.73. The number of phenolic OH excluding ortho intramolecular Hbond substituents is 1. The first-order valence-electron chi connectivity index (χ1n) is 6.31. The fraction of sp³-hybridized carbons (Fsp3) is 0.0714. The van der Waals surface area contributed by atoms with Crippen LogP contribution in [-0.4, -0.2) is 34.2 Å². The van der Waals surface area contributed by atoms with Gasteiger partial charge in [0.15, 0.2) is 11.5 Å². The number of aromatic nitrogens is 1. The van der Waals surface area contributed by atoms with Gasteiger partial charge >= 0.3 is 0 Å². The van der Waals surface area contributed by atoms with E-state index < -0.39 is 10.8 Å². The Labute approximate surface area is 130 Å². The van der Waals surface area contributed by atoms with Crippen LogP contribution in [0.1, 0.15) is 15.9 Å². The number of pyridine rings is 1. The van der Waals surface area contributed by atoms with Gasteiger partial charge in [-0.2, -0.15) is 5.10 Å². The Kier molecular flexibility index (Phi) is 4.82. The van der Waals surface area contributed by atoms with E-state index in [-0.39, 0.29) is 22.7 Å². The number of aromatic hydroxyl groups is 1. The molecule has 118 valence electrons. The lowest BCUT2D eigenvalue weighted by Gasteiger charge is -2.05. The lowest BCUT2D eigenvalue weighted by molar-refractivity contribution is -0.385. The number of nitro groups is 1. The quantitative estimate of drug-likeness (QED) is 0.488. The highest BCUT2D eigenvalue weighted by Gasteiger charge is 2.17. The molecule has 0 atom stereocenters. The molecule has 2 aromatic rings. The molecule has 1 heterocycles. The van der Waals surface area contributed by atoms with Crippen LogP contribution < -0.4 is 10.2 Å². The third-order valence-electron chi connectivity index (χ3n) is 2.84. The maximum Gasteiger partial charge on any atom is 0.282 e. The largest absolute Gasteiger partial charge is 0.504 e. The first-order valence-corrected chi connectivity index (χ1v) is 6.31. The molecule has 0 radical (unpaired) electrons. The summed E-state index contributed by atoms with van der Waals surface area (Å²) >= 11 is 0. The number of hydrogen-bond acceptors (Lipinski definition) is 7. The van der Waals surface area contributed by atoms with Crippen molar-refractivity contribution in [2.24, 2.45) is 5.10 Å². The molecule has 9 heteroatoms. The Bertz CT molecular complexity index is 761. The highest BCUT2D eigenvalue weighted by atomic mass is 16.6. The third-order valence-corrected chi connectivity index (χ3v) is 2.84. The van der Waals surface area contributed by atoms with Gasteiger partial charge in [0.1, 0.15) is 0 Å². The highest BCUT2D eigenvalue weighted by molar-refractivity contribution is 5.95. The summed E-state index contributed by atoms with van der Waals surface area (Å²) in [5.41, 5.74) is 2.27. The molecule has 1 aromatic heterocycles. The second-order valence-corrected chi connectivity index (χ2v) is 4.27. The summed E-state index contributed by atoms with van der Waals surface area (Å²) in [4.78, 5) is 25.9. The van der Waals surface area contributed by atoms with Crippen LogP contribution in [0.2, 0.25) is 0 Å². The number of nitrogens with one attached hydrogen (secondary N) is 1. The van der Waals surface area contributed by atoms with Gasteiger partial charge in [0.25, 0.3) is 11.6 Å². The number of amides is 1. The summed E-state index contributed by atoms with van der Waals surface area (Å²) in [6.45, 7) is 0. The number of carbonyl (C=O) groups is 1. The highest BCUT2D eigenvalue weighted by Crippen LogP contribution is 2.32. The van der Waals surface area contributed by atoms with Crippen molar-refractivity contribution in [3.63, 3.8) is 0 Å². The zero-order valence-corrected chi connectivity index (χ0v) is 12.0. The first-order chi connectivity index (χ1) is 11.0. The lowest BCUT2D eigenvalue weighted by atomic mass is 10.1. The van der Waals surface area contributed by atoms with Gasteiger partial charge in [-0.3, -0.25) is 19.9 Å². The second kappa shape index (κ2) is 6.98. The Balaban J connectivity index is 2.20. The molecule has 0 saturated carbocycles. The van der Waals surface area contributed by atoms with Crippen LogP contribution in [0, 0.1) is 10.1 Å². The van der Waals surface area contributed by atoms with Crippen molar-refractivity contribution in [1.29, 1.82) is 0 Å². The van der Waals surface area contributed by atoms with Crippen molar-refractivity contribution in [2.45, 2.75) is 0 Å². The van der Waals surface area contributed by atoms with Crippen molar-refractivity contribution in [2.75, 3.05) is 7.11 Å². The van der Waals surface area contributed by atoms with Crippen molar-refractivity contribution in [1.82, 2.24) is 10.4 Å². The number of phenols is 1. The van der Waals surface area contributed by atoms with Gasteiger partial charge in [0.05, 0.1) is 29.9 Å². The van der Waals surface area contributed by atoms with E-state index in [0.29, 0.717) is 5.56 Å². The summed E-state index contributed by atoms with van der Waals surface area (Å²) in [5.74, 6) is -0.807. The van der Waals surface area contributed by atoms with Crippen molar-refractivity contribution in [3.8, 4) is 11.5 Å². The molecule has 2 N–H and O–H groups in total. The summed E-state index contributed by atoms with van der Waals surface area (Å²) in [7, 11) is 1.28. The van der Waals surface area contributed by atoms with Crippen LogP contribution in [-0.2, 0) is 0 Å². The predicted molar refractivity (Wildman–Crippen MR) is 80.6 cm³/mol. The molecule has 0 aliphatic heterocycles. The molecule has 0 aliphatic rings. The maximum atomic E-state index is 11.8. The molecule has 0 fully saturated rings. The van der Waals surface area contributed by atoms with Crippen LogP contribution >= 0.6 is 0 Å². The summed E-state index contributed by atoms with van der Waals surface area (Å²) in [6.07, 6.45) is 3.96. The lowest BCUT2D eigenvalue weighted by Crippen LogP contribution is -2.17. The smallest absolute Gasteiger partial charge is 0.282 e. The van der Waals surface area contributed by atoms with Gasteiger partial charge in [-0.1, -0.05) is 0 Å². The normalized spacial score (nSPS) is 10.5. The number of benzene rings is 1. The van der Waals surface area contributed by atoms with E-state index in [1.807, 2.05) is 0 Å². The molecule has 0 aliphatic carbocycles. The van der Waals surface area contributed by atoms with Gasteiger partial charge in [-0.15, -0.1) is 0 Å². The van der Waals surface area contributed by atoms with Gasteiger partial charge in [-0.05, 0) is 18.2 Å². The number of nitro benzene ring substituents is 1. The summed E-state index contributed by atoms with van der Waals surface area (Å²) in [5, 5.41) is 24.4. The number of rotatable bonds is 5. The molecular formula is C14H12N4O5. The van der Waals surface area contributed by atoms with E-state index in [2.05, 4.69) is 15.5 Å². The minimum Gasteiger partial charge on any atom is -0.504 e. The van der Waals surface area contributed by atoms with Crippen molar-refractivity contribution >= 4 is 17.8 Å². The molecular weight excluding hydrogens is 304 g/mol. The Morgan fingerprint density at radius 2 is 2.13 bits per heavy atom. The number of hydrogen-bond donors (Lipinski definition) is 2. The molecule has 0 spiro atoms. The number of ether oxygens (including phenoxy) is 1. The molecule has 1 aromatic carbocycles. The minimum atomic E-state index is -0.645. The average Bonchev–Trinajstić information content (AvgIpc) is 2.55. The van der Waals surface area contributed by atoms with E-state index >= 15 is 0 Å². The first kappa shape index (κ1) is 15.9. The van der Waals surface area contributed by atoms with E-state index in [0.717, 1.165) is 18.3 Å². The third kappa shape index (κ3) is 3.79. The van der Waals surface area contributed by atoms with Crippen LogP contribution in [0.15, 0.2) is 41.8 Å². The van der Waals surface area contributed by atoms with Crippen LogP contribution in [0.3, 0.4) is 0 Å². The SMILES string of the molecule is COc1cc([N+](=O)[O-])c(/C=N\NC(=O)c2ccncc2)cc1O. The van der Waals surface area contributed by atoms with Crippen molar-refractivity contribution < 1.29 is 19.6 Å². The number of methoxy groups -OCH3 is 1. The van der Waals surface area contributed by atoms with E-state index in [4.69, 9.17) is 4.74 Å². The Morgan fingerprint density at radius 3 is 2.74 bits per heavy atom. The number of hydrazone groups is 1. The van der Waals surface area contributed by atoms with Crippen LogP contribution in [0.4, 0.5) is 5.69 Å². The summed E-state index contributed by atoms with van der Waals surface area (Å²) in [6, 6.07) is 5.18. The van der Waals surface area contributed by atoms with Crippen LogP contribution in [0.5, 0.6) is 11.5 Å². The Morgan fingerprint density at radius 1 is 1.43 bits per heavy atom. The monoisotopic (exact) mass is 316 g/mol. The zero-order valence-electron chi connectivity index (χ0n) is 12.0. The average molecular weight is 316 g/mol. The zero-order chi connectivity index (χ0) is 16.8. The summed E-state index contributed by atoms with van der Waals surface area (Å²) < 4.78 is 4.82. The molecule has 1 amide bonds. The molecule has 0 unspecified atom stereocenters. The van der Waals surface area contributed by atoms with E-state index in [1.54, 1.807) is 0 Å². The number of nitrogens with zero attached hydrogens (tertiary/aromatic N) is 3.